The van der Waals surface area contributed by atoms with Crippen molar-refractivity contribution >= 4 is 27.4 Å². The van der Waals surface area contributed by atoms with Gasteiger partial charge in [0.05, 0.1) is 39.4 Å². The smallest absolute Gasteiger partial charge is 0.161 e. The zero-order valence-electron chi connectivity index (χ0n) is 20.9. The minimum Gasteiger partial charge on any atom is -0.493 e. The van der Waals surface area contributed by atoms with E-state index in [9.17, 15) is 0 Å². The summed E-state index contributed by atoms with van der Waals surface area (Å²) < 4.78 is 16.7. The Morgan fingerprint density at radius 2 is 1.80 bits per heavy atom. The molecule has 8 heteroatoms. The maximum Gasteiger partial charge on any atom is 0.161 e. The molecule has 2 aliphatic heterocycles. The Bertz CT molecular complexity index is 1240. The average molecular weight is 495 g/mol. The van der Waals surface area contributed by atoms with Crippen molar-refractivity contribution in [3.05, 3.63) is 39.5 Å². The molecule has 0 amide bonds. The number of thiophene rings is 1. The molecule has 1 aliphatic carbocycles. The van der Waals surface area contributed by atoms with Gasteiger partial charge in [-0.1, -0.05) is 6.92 Å². The molecule has 0 N–H and O–H groups in total. The Kier molecular flexibility index (Phi) is 6.28. The molecule has 1 aromatic carbocycles. The number of ether oxygens (including phenoxy) is 3. The fourth-order valence-electron chi connectivity index (χ4n) is 5.69. The summed E-state index contributed by atoms with van der Waals surface area (Å²) in [4.78, 5) is 17.9. The Labute approximate surface area is 211 Å². The highest BCUT2D eigenvalue weighted by molar-refractivity contribution is 7.19. The number of fused-ring (bicyclic) bond motifs is 4. The average Bonchev–Trinajstić information content (AvgIpc) is 3.24. The van der Waals surface area contributed by atoms with Gasteiger partial charge in [0.1, 0.15) is 16.5 Å². The van der Waals surface area contributed by atoms with E-state index in [4.69, 9.17) is 24.2 Å². The molecule has 0 unspecified atom stereocenters. The van der Waals surface area contributed by atoms with E-state index in [1.165, 1.54) is 33.4 Å². The lowest BCUT2D eigenvalue weighted by Crippen LogP contribution is -2.36. The van der Waals surface area contributed by atoms with Gasteiger partial charge in [-0.15, -0.1) is 11.3 Å². The molecule has 6 rings (SSSR count). The van der Waals surface area contributed by atoms with Crippen LogP contribution in [-0.2, 0) is 37.1 Å². The molecule has 0 spiro atoms. The van der Waals surface area contributed by atoms with Crippen LogP contribution < -0.4 is 14.4 Å². The second-order valence-electron chi connectivity index (χ2n) is 10.0. The number of methoxy groups -OCH3 is 2. The third-order valence-corrected chi connectivity index (χ3v) is 8.82. The molecule has 1 atom stereocenters. The second-order valence-corrected chi connectivity index (χ2v) is 11.1. The van der Waals surface area contributed by atoms with Crippen LogP contribution in [0.15, 0.2) is 12.1 Å². The van der Waals surface area contributed by atoms with Crippen molar-refractivity contribution in [1.82, 2.24) is 14.9 Å². The van der Waals surface area contributed by atoms with E-state index in [2.05, 4.69) is 28.9 Å². The maximum absolute atomic E-state index is 5.61. The molecule has 35 heavy (non-hydrogen) atoms. The van der Waals surface area contributed by atoms with E-state index >= 15 is 0 Å². The van der Waals surface area contributed by atoms with Gasteiger partial charge in [0, 0.05) is 31.1 Å². The number of benzene rings is 1. The van der Waals surface area contributed by atoms with E-state index in [0.29, 0.717) is 0 Å². The number of morpholine rings is 1. The van der Waals surface area contributed by atoms with Crippen molar-refractivity contribution in [1.29, 1.82) is 0 Å². The molecule has 3 aliphatic rings. The monoisotopic (exact) mass is 494 g/mol. The summed E-state index contributed by atoms with van der Waals surface area (Å²) in [5.74, 6) is 4.38. The van der Waals surface area contributed by atoms with Crippen LogP contribution in [0.2, 0.25) is 0 Å². The van der Waals surface area contributed by atoms with E-state index in [1.807, 2.05) is 11.3 Å². The molecular weight excluding hydrogens is 460 g/mol. The van der Waals surface area contributed by atoms with Gasteiger partial charge in [-0.3, -0.25) is 4.90 Å². The summed E-state index contributed by atoms with van der Waals surface area (Å²) >= 11 is 1.90. The molecule has 1 fully saturated rings. The molecule has 0 saturated carbocycles. The number of hydrogen-bond donors (Lipinski definition) is 0. The summed E-state index contributed by atoms with van der Waals surface area (Å²) in [5.41, 5.74) is 4.11. The van der Waals surface area contributed by atoms with Crippen LogP contribution in [0.1, 0.15) is 40.7 Å². The maximum atomic E-state index is 5.61. The van der Waals surface area contributed by atoms with Gasteiger partial charge >= 0.3 is 0 Å². The second kappa shape index (κ2) is 9.56. The Morgan fingerprint density at radius 1 is 1.03 bits per heavy atom. The first-order valence-electron chi connectivity index (χ1n) is 12.7. The van der Waals surface area contributed by atoms with Crippen LogP contribution in [0.25, 0.3) is 10.2 Å². The lowest BCUT2D eigenvalue weighted by molar-refractivity contribution is 0.0331. The topological polar surface area (TPSA) is 60.0 Å². The van der Waals surface area contributed by atoms with Gasteiger partial charge < -0.3 is 19.1 Å². The largest absolute Gasteiger partial charge is 0.493 e. The summed E-state index contributed by atoms with van der Waals surface area (Å²) in [6, 6.07) is 4.27. The van der Waals surface area contributed by atoms with Gasteiger partial charge in [-0.05, 0) is 60.4 Å². The van der Waals surface area contributed by atoms with Crippen LogP contribution in [0.4, 0.5) is 5.82 Å². The fraction of sp³-hybridized carbons (Fsp3) is 0.556. The van der Waals surface area contributed by atoms with Crippen molar-refractivity contribution in [2.75, 3.05) is 52.0 Å². The number of nitrogens with zero attached hydrogens (tertiary/aromatic N) is 4. The number of aromatic nitrogens is 2. The minimum absolute atomic E-state index is 0.740. The molecule has 4 heterocycles. The van der Waals surface area contributed by atoms with Crippen molar-refractivity contribution in [2.45, 2.75) is 45.7 Å². The van der Waals surface area contributed by atoms with Gasteiger partial charge in [0.2, 0.25) is 0 Å². The van der Waals surface area contributed by atoms with E-state index in [1.54, 1.807) is 14.2 Å². The van der Waals surface area contributed by atoms with Gasteiger partial charge in [-0.25, -0.2) is 9.97 Å². The number of hydrogen-bond acceptors (Lipinski definition) is 8. The van der Waals surface area contributed by atoms with E-state index < -0.39 is 0 Å². The Balaban J connectivity index is 1.41. The van der Waals surface area contributed by atoms with Crippen LogP contribution in [0.5, 0.6) is 11.5 Å². The first-order valence-corrected chi connectivity index (χ1v) is 13.5. The first-order chi connectivity index (χ1) is 17.1. The molecule has 7 nitrogen and oxygen atoms in total. The molecule has 0 bridgehead atoms. The Morgan fingerprint density at radius 3 is 2.57 bits per heavy atom. The standard InChI is InChI=1S/C27H34N4O3S/c1-17-4-5-20-23(12-17)35-27-25(20)26(28-24(29-27)16-30-8-10-34-11-9-30)31-7-6-18-13-21(32-2)22(33-3)14-19(18)15-31/h13-14,17H,4-12,15-16H2,1-3H3/t17-/m0/s1. The highest BCUT2D eigenvalue weighted by Crippen LogP contribution is 2.42. The van der Waals surface area contributed by atoms with Crippen LogP contribution in [0, 0.1) is 5.92 Å². The van der Waals surface area contributed by atoms with E-state index in [-0.39, 0.29) is 0 Å². The zero-order valence-corrected chi connectivity index (χ0v) is 21.7. The molecule has 2 aromatic heterocycles. The van der Waals surface area contributed by atoms with Crippen molar-refractivity contribution in [3.8, 4) is 11.5 Å². The predicted octanol–water partition coefficient (Wildman–Crippen LogP) is 4.23. The highest BCUT2D eigenvalue weighted by Gasteiger charge is 2.28. The lowest BCUT2D eigenvalue weighted by Gasteiger charge is -2.32. The normalized spacial score (nSPS) is 20.5. The number of anilines is 1. The third-order valence-electron chi connectivity index (χ3n) is 7.67. The summed E-state index contributed by atoms with van der Waals surface area (Å²) in [6.07, 6.45) is 4.50. The lowest BCUT2D eigenvalue weighted by atomic mass is 9.89. The minimum atomic E-state index is 0.740. The van der Waals surface area contributed by atoms with Gasteiger partial charge in [0.15, 0.2) is 11.5 Å². The van der Waals surface area contributed by atoms with Crippen LogP contribution in [0.3, 0.4) is 0 Å². The van der Waals surface area contributed by atoms with Crippen LogP contribution in [-0.4, -0.2) is 61.9 Å². The van der Waals surface area contributed by atoms with Gasteiger partial charge in [-0.2, -0.15) is 0 Å². The summed E-state index contributed by atoms with van der Waals surface area (Å²) in [5, 5.41) is 1.30. The molecule has 186 valence electrons. The summed E-state index contributed by atoms with van der Waals surface area (Å²) in [7, 11) is 3.41. The molecular formula is C27H34N4O3S. The van der Waals surface area contributed by atoms with E-state index in [0.717, 1.165) is 99.1 Å². The highest BCUT2D eigenvalue weighted by atomic mass is 32.1. The molecule has 1 saturated heterocycles. The SMILES string of the molecule is COc1cc2c(cc1OC)CN(c1nc(CN3CCOCC3)nc3sc4c(c13)CC[C@H](C)C4)CC2. The van der Waals surface area contributed by atoms with Crippen molar-refractivity contribution < 1.29 is 14.2 Å². The zero-order chi connectivity index (χ0) is 23.9. The number of aryl methyl sites for hydroxylation is 1. The summed E-state index contributed by atoms with van der Waals surface area (Å²) in [6.45, 7) is 8.35. The molecule has 3 aromatic rings. The Hall–Kier alpha value is -2.42. The van der Waals surface area contributed by atoms with Crippen molar-refractivity contribution in [3.63, 3.8) is 0 Å². The first kappa shape index (κ1) is 23.0. The van der Waals surface area contributed by atoms with Gasteiger partial charge in [0.25, 0.3) is 0 Å². The predicted molar refractivity (Wildman–Crippen MR) is 139 cm³/mol. The quantitative estimate of drug-likeness (QED) is 0.526. The number of rotatable bonds is 5. The third kappa shape index (κ3) is 4.36. The molecule has 0 radical (unpaired) electrons. The fourth-order valence-corrected chi connectivity index (χ4v) is 7.09. The van der Waals surface area contributed by atoms with Crippen molar-refractivity contribution in [2.24, 2.45) is 5.92 Å². The van der Waals surface area contributed by atoms with Crippen LogP contribution >= 0.6 is 11.3 Å².